The van der Waals surface area contributed by atoms with Crippen LogP contribution >= 0.6 is 11.6 Å². The van der Waals surface area contributed by atoms with Crippen LogP contribution in [-0.4, -0.2) is 19.6 Å². The van der Waals surface area contributed by atoms with E-state index in [0.717, 1.165) is 18.1 Å². The highest BCUT2D eigenvalue weighted by molar-refractivity contribution is 6.30. The Hall–Kier alpha value is -0.570. The summed E-state index contributed by atoms with van der Waals surface area (Å²) in [5, 5.41) is 7.40. The molecule has 2 N–H and O–H groups in total. The highest BCUT2D eigenvalue weighted by atomic mass is 35.5. The van der Waals surface area contributed by atoms with E-state index in [9.17, 15) is 0 Å². The van der Waals surface area contributed by atoms with E-state index in [4.69, 9.17) is 11.6 Å². The summed E-state index contributed by atoms with van der Waals surface area (Å²) in [5.41, 5.74) is 2.55. The van der Waals surface area contributed by atoms with Gasteiger partial charge in [0.1, 0.15) is 0 Å². The average molecular weight is 227 g/mol. The molecule has 0 saturated heterocycles. The Bertz CT molecular complexity index is 312. The fourth-order valence-electron chi connectivity index (χ4n) is 1.52. The van der Waals surface area contributed by atoms with Crippen molar-refractivity contribution in [3.8, 4) is 0 Å². The van der Waals surface area contributed by atoms with Crippen LogP contribution < -0.4 is 10.6 Å². The number of halogens is 1. The summed E-state index contributed by atoms with van der Waals surface area (Å²) in [6, 6.07) is 6.50. The van der Waals surface area contributed by atoms with Gasteiger partial charge in [-0.25, -0.2) is 0 Å². The molecule has 0 bridgehead atoms. The van der Waals surface area contributed by atoms with Crippen LogP contribution in [0, 0.1) is 6.92 Å². The van der Waals surface area contributed by atoms with Crippen molar-refractivity contribution in [2.24, 2.45) is 0 Å². The molecule has 0 aliphatic rings. The molecule has 1 aromatic carbocycles. The predicted octanol–water partition coefficient (Wildman–Crippen LogP) is 2.35. The Morgan fingerprint density at radius 2 is 2.13 bits per heavy atom. The molecule has 1 unspecified atom stereocenters. The van der Waals surface area contributed by atoms with Gasteiger partial charge in [-0.1, -0.05) is 17.7 Å². The molecular weight excluding hydrogens is 208 g/mol. The molecule has 3 heteroatoms. The smallest absolute Gasteiger partial charge is 0.0408 e. The zero-order valence-corrected chi connectivity index (χ0v) is 10.4. The molecule has 15 heavy (non-hydrogen) atoms. The third kappa shape index (κ3) is 4.20. The van der Waals surface area contributed by atoms with Crippen LogP contribution in [0.1, 0.15) is 18.1 Å². The Balaban J connectivity index is 2.50. The lowest BCUT2D eigenvalue weighted by molar-refractivity contribution is 0.522. The molecule has 0 fully saturated rings. The Kier molecular flexibility index (Phi) is 5.09. The SMILES string of the molecule is CNCC(C)NCc1ccc(Cl)cc1C. The lowest BCUT2D eigenvalue weighted by Gasteiger charge is -2.14. The quantitative estimate of drug-likeness (QED) is 0.806. The lowest BCUT2D eigenvalue weighted by atomic mass is 10.1. The summed E-state index contributed by atoms with van der Waals surface area (Å²) in [4.78, 5) is 0. The molecule has 0 saturated carbocycles. The molecule has 0 radical (unpaired) electrons. The first-order valence-corrected chi connectivity index (χ1v) is 5.64. The van der Waals surface area contributed by atoms with Crippen LogP contribution in [-0.2, 0) is 6.54 Å². The summed E-state index contributed by atoms with van der Waals surface area (Å²) < 4.78 is 0. The number of hydrogen-bond acceptors (Lipinski definition) is 2. The average Bonchev–Trinajstić information content (AvgIpc) is 2.17. The van der Waals surface area contributed by atoms with Crippen LogP contribution in [0.15, 0.2) is 18.2 Å². The highest BCUT2D eigenvalue weighted by Gasteiger charge is 2.02. The fraction of sp³-hybridized carbons (Fsp3) is 0.500. The van der Waals surface area contributed by atoms with Crippen molar-refractivity contribution in [1.29, 1.82) is 0 Å². The summed E-state index contributed by atoms with van der Waals surface area (Å²) in [6.07, 6.45) is 0. The molecule has 1 atom stereocenters. The molecule has 0 spiro atoms. The van der Waals surface area contributed by atoms with E-state index in [1.807, 2.05) is 19.2 Å². The van der Waals surface area contributed by atoms with Crippen LogP contribution in [0.3, 0.4) is 0 Å². The van der Waals surface area contributed by atoms with E-state index < -0.39 is 0 Å². The standard InChI is InChI=1S/C12H19ClN2/c1-9-6-12(13)5-4-11(9)8-15-10(2)7-14-3/h4-6,10,14-15H,7-8H2,1-3H3. The van der Waals surface area contributed by atoms with E-state index in [-0.39, 0.29) is 0 Å². The molecule has 1 aromatic rings. The zero-order chi connectivity index (χ0) is 11.3. The van der Waals surface area contributed by atoms with Crippen molar-refractivity contribution in [2.45, 2.75) is 26.4 Å². The van der Waals surface area contributed by atoms with Crippen LogP contribution in [0.5, 0.6) is 0 Å². The topological polar surface area (TPSA) is 24.1 Å². The molecular formula is C12H19ClN2. The van der Waals surface area contributed by atoms with Crippen LogP contribution in [0.4, 0.5) is 0 Å². The first kappa shape index (κ1) is 12.5. The predicted molar refractivity (Wildman–Crippen MR) is 66.4 cm³/mol. The Labute approximate surface area is 97.0 Å². The van der Waals surface area contributed by atoms with Gasteiger partial charge in [-0.3, -0.25) is 0 Å². The Morgan fingerprint density at radius 3 is 2.73 bits per heavy atom. The third-order valence-corrected chi connectivity index (χ3v) is 2.69. The number of likely N-dealkylation sites (N-methyl/N-ethyl adjacent to an activating group) is 1. The molecule has 1 rings (SSSR count). The zero-order valence-electron chi connectivity index (χ0n) is 9.60. The van der Waals surface area contributed by atoms with Crippen molar-refractivity contribution >= 4 is 11.6 Å². The first-order chi connectivity index (χ1) is 7.13. The minimum absolute atomic E-state index is 0.477. The normalized spacial score (nSPS) is 12.8. The van der Waals surface area contributed by atoms with Crippen LogP contribution in [0.2, 0.25) is 5.02 Å². The highest BCUT2D eigenvalue weighted by Crippen LogP contribution is 2.14. The number of hydrogen-bond donors (Lipinski definition) is 2. The van der Waals surface area contributed by atoms with Gasteiger partial charge in [0, 0.05) is 24.2 Å². The van der Waals surface area contributed by atoms with Gasteiger partial charge in [0.05, 0.1) is 0 Å². The maximum absolute atomic E-state index is 5.90. The fourth-order valence-corrected chi connectivity index (χ4v) is 1.75. The lowest BCUT2D eigenvalue weighted by Crippen LogP contribution is -2.34. The first-order valence-electron chi connectivity index (χ1n) is 5.26. The second kappa shape index (κ2) is 6.11. The van der Waals surface area contributed by atoms with Gasteiger partial charge in [-0.05, 0) is 44.2 Å². The van der Waals surface area contributed by atoms with Crippen molar-refractivity contribution in [3.05, 3.63) is 34.3 Å². The van der Waals surface area contributed by atoms with Crippen molar-refractivity contribution in [2.75, 3.05) is 13.6 Å². The van der Waals surface area contributed by atoms with E-state index in [0.29, 0.717) is 6.04 Å². The third-order valence-electron chi connectivity index (χ3n) is 2.46. The molecule has 0 aromatic heterocycles. The number of nitrogens with one attached hydrogen (secondary N) is 2. The minimum Gasteiger partial charge on any atom is -0.318 e. The maximum atomic E-state index is 5.90. The molecule has 0 heterocycles. The van der Waals surface area contributed by atoms with Gasteiger partial charge >= 0.3 is 0 Å². The summed E-state index contributed by atoms with van der Waals surface area (Å²) in [5.74, 6) is 0. The Morgan fingerprint density at radius 1 is 1.40 bits per heavy atom. The second-order valence-corrected chi connectivity index (χ2v) is 4.35. The van der Waals surface area contributed by atoms with E-state index in [2.05, 4.69) is 30.5 Å². The molecule has 2 nitrogen and oxygen atoms in total. The van der Waals surface area contributed by atoms with Crippen molar-refractivity contribution in [1.82, 2.24) is 10.6 Å². The van der Waals surface area contributed by atoms with E-state index >= 15 is 0 Å². The van der Waals surface area contributed by atoms with E-state index in [1.165, 1.54) is 11.1 Å². The summed E-state index contributed by atoms with van der Waals surface area (Å²) >= 11 is 5.90. The van der Waals surface area contributed by atoms with E-state index in [1.54, 1.807) is 0 Å². The number of rotatable bonds is 5. The van der Waals surface area contributed by atoms with Gasteiger partial charge in [0.15, 0.2) is 0 Å². The van der Waals surface area contributed by atoms with Gasteiger partial charge in [-0.2, -0.15) is 0 Å². The van der Waals surface area contributed by atoms with Gasteiger partial charge in [0.25, 0.3) is 0 Å². The molecule has 0 amide bonds. The number of aryl methyl sites for hydroxylation is 1. The van der Waals surface area contributed by atoms with Crippen molar-refractivity contribution in [3.63, 3.8) is 0 Å². The maximum Gasteiger partial charge on any atom is 0.0408 e. The summed E-state index contributed by atoms with van der Waals surface area (Å²) in [7, 11) is 1.96. The second-order valence-electron chi connectivity index (χ2n) is 3.91. The van der Waals surface area contributed by atoms with Gasteiger partial charge in [-0.15, -0.1) is 0 Å². The van der Waals surface area contributed by atoms with Gasteiger partial charge < -0.3 is 10.6 Å². The largest absolute Gasteiger partial charge is 0.318 e. The molecule has 0 aliphatic carbocycles. The van der Waals surface area contributed by atoms with Crippen molar-refractivity contribution < 1.29 is 0 Å². The minimum atomic E-state index is 0.477. The molecule has 84 valence electrons. The monoisotopic (exact) mass is 226 g/mol. The number of benzene rings is 1. The summed E-state index contributed by atoms with van der Waals surface area (Å²) in [6.45, 7) is 6.13. The molecule has 0 aliphatic heterocycles. The van der Waals surface area contributed by atoms with Gasteiger partial charge in [0.2, 0.25) is 0 Å². The van der Waals surface area contributed by atoms with Crippen LogP contribution in [0.25, 0.3) is 0 Å².